The molecule has 0 spiro atoms. The van der Waals surface area contributed by atoms with Crippen molar-refractivity contribution in [3.63, 3.8) is 0 Å². The van der Waals surface area contributed by atoms with Crippen LogP contribution in [0.5, 0.6) is 0 Å². The zero-order valence-electron chi connectivity index (χ0n) is 20.7. The van der Waals surface area contributed by atoms with Crippen molar-refractivity contribution in [1.82, 2.24) is 4.98 Å². The van der Waals surface area contributed by atoms with Gasteiger partial charge in [0.2, 0.25) is 0 Å². The van der Waals surface area contributed by atoms with E-state index in [2.05, 4.69) is 69.2 Å². The van der Waals surface area contributed by atoms with Gasteiger partial charge in [-0.25, -0.2) is 14.2 Å². The monoisotopic (exact) mass is 474 g/mol. The highest BCUT2D eigenvalue weighted by Gasteiger charge is 2.17. The molecule has 0 fully saturated rings. The number of pyridine rings is 1. The van der Waals surface area contributed by atoms with Crippen molar-refractivity contribution in [2.75, 3.05) is 16.8 Å². The second-order valence-corrected chi connectivity index (χ2v) is 9.76. The number of thioether (sulfide) groups is 1. The predicted octanol–water partition coefficient (Wildman–Crippen LogP) is 7.57. The third-order valence-electron chi connectivity index (χ3n) is 4.94. The van der Waals surface area contributed by atoms with Gasteiger partial charge in [-0.05, 0) is 72.8 Å². The molecule has 4 nitrogen and oxygen atoms in total. The van der Waals surface area contributed by atoms with Gasteiger partial charge in [-0.3, -0.25) is 0 Å². The van der Waals surface area contributed by atoms with Gasteiger partial charge in [0.1, 0.15) is 17.7 Å². The maximum absolute atomic E-state index is 13.3. The summed E-state index contributed by atoms with van der Waals surface area (Å²) in [4.78, 5) is 15.6. The smallest absolute Gasteiger partial charge is 0.327 e. The molecule has 0 aliphatic rings. The van der Waals surface area contributed by atoms with Gasteiger partial charge in [-0.1, -0.05) is 46.6 Å². The number of carboxylic acid groups (broad SMARTS) is 1. The van der Waals surface area contributed by atoms with E-state index in [0.717, 1.165) is 37.9 Å². The highest BCUT2D eigenvalue weighted by atomic mass is 32.2. The molecule has 1 rings (SSSR count). The Labute approximate surface area is 203 Å². The molecule has 1 aromatic rings. The number of anilines is 1. The van der Waals surface area contributed by atoms with E-state index in [1.165, 1.54) is 40.6 Å². The molecule has 0 aliphatic carbocycles. The number of aliphatic carboxylic acids is 1. The normalized spacial score (nSPS) is 12.8. The minimum atomic E-state index is -0.976. The lowest BCUT2D eigenvalue weighted by atomic mass is 10.0. The van der Waals surface area contributed by atoms with Gasteiger partial charge in [0.25, 0.3) is 0 Å². The Morgan fingerprint density at radius 2 is 1.79 bits per heavy atom. The number of rotatable bonds is 15. The fourth-order valence-electron chi connectivity index (χ4n) is 3.02. The molecule has 1 heterocycles. The fraction of sp³-hybridized carbons (Fsp3) is 0.481. The summed E-state index contributed by atoms with van der Waals surface area (Å²) in [6.07, 6.45) is 15.5. The number of allylic oxidation sites excluding steroid dienone is 7. The van der Waals surface area contributed by atoms with Crippen molar-refractivity contribution in [3.8, 4) is 0 Å². The Balaban J connectivity index is 2.61. The first kappa shape index (κ1) is 28.7. The van der Waals surface area contributed by atoms with E-state index in [0.29, 0.717) is 5.75 Å². The lowest BCUT2D eigenvalue weighted by molar-refractivity contribution is -0.137. The highest BCUT2D eigenvalue weighted by Crippen LogP contribution is 2.18. The third kappa shape index (κ3) is 14.4. The Bertz CT molecular complexity index is 867. The van der Waals surface area contributed by atoms with Crippen LogP contribution in [0.1, 0.15) is 66.7 Å². The average molecular weight is 475 g/mol. The van der Waals surface area contributed by atoms with Crippen LogP contribution in [0.15, 0.2) is 64.9 Å². The van der Waals surface area contributed by atoms with E-state index < -0.39 is 17.8 Å². The number of carbonyl (C=O) groups is 1. The second-order valence-electron chi connectivity index (χ2n) is 8.69. The lowest BCUT2D eigenvalue weighted by Gasteiger charge is -2.14. The molecule has 1 atom stereocenters. The van der Waals surface area contributed by atoms with Crippen molar-refractivity contribution in [3.05, 3.63) is 70.7 Å². The zero-order chi connectivity index (χ0) is 24.6. The van der Waals surface area contributed by atoms with Gasteiger partial charge in [0.15, 0.2) is 0 Å². The number of nitrogens with zero attached hydrogens (tertiary/aromatic N) is 1. The van der Waals surface area contributed by atoms with Crippen molar-refractivity contribution in [2.45, 2.75) is 72.8 Å². The molecule has 1 aromatic heterocycles. The topological polar surface area (TPSA) is 62.2 Å². The summed E-state index contributed by atoms with van der Waals surface area (Å²) in [6, 6.07) is 1.60. The van der Waals surface area contributed by atoms with Gasteiger partial charge in [-0.2, -0.15) is 11.8 Å². The van der Waals surface area contributed by atoms with E-state index in [-0.39, 0.29) is 5.82 Å². The molecule has 1 unspecified atom stereocenters. The number of nitrogens with one attached hydrogen (secondary N) is 1. The van der Waals surface area contributed by atoms with E-state index in [4.69, 9.17) is 0 Å². The average Bonchev–Trinajstić information content (AvgIpc) is 2.73. The molecule has 0 radical (unpaired) electrons. The summed E-state index contributed by atoms with van der Waals surface area (Å²) in [7, 11) is 0. The van der Waals surface area contributed by atoms with Crippen LogP contribution in [0.2, 0.25) is 0 Å². The van der Waals surface area contributed by atoms with Crippen LogP contribution < -0.4 is 5.32 Å². The first-order valence-corrected chi connectivity index (χ1v) is 12.6. The third-order valence-corrected chi connectivity index (χ3v) is 5.91. The van der Waals surface area contributed by atoms with Crippen LogP contribution in [-0.4, -0.2) is 33.6 Å². The summed E-state index contributed by atoms with van der Waals surface area (Å²) in [5.41, 5.74) is 5.44. The minimum absolute atomic E-state index is 0.231. The van der Waals surface area contributed by atoms with Crippen molar-refractivity contribution >= 4 is 23.5 Å². The summed E-state index contributed by atoms with van der Waals surface area (Å²) in [5.74, 6) is -0.0939. The Morgan fingerprint density at radius 3 is 2.42 bits per heavy atom. The van der Waals surface area contributed by atoms with E-state index in [1.54, 1.807) is 11.8 Å². The SMILES string of the molecule is CC(C)=CCC/C(C)=C/CC/C(=C/CSCC(Nc1cc(F)ccn1)C(=O)O)CC=C(C)C. The van der Waals surface area contributed by atoms with E-state index in [9.17, 15) is 14.3 Å². The number of hydrogen-bond acceptors (Lipinski definition) is 4. The Hall–Kier alpha value is -2.34. The molecule has 182 valence electrons. The summed E-state index contributed by atoms with van der Waals surface area (Å²) >= 11 is 1.55. The molecular formula is C27H39FN2O2S. The van der Waals surface area contributed by atoms with Gasteiger partial charge < -0.3 is 10.4 Å². The number of aromatic nitrogens is 1. The van der Waals surface area contributed by atoms with Crippen LogP contribution in [0, 0.1) is 5.82 Å². The molecule has 0 bridgehead atoms. The van der Waals surface area contributed by atoms with Crippen LogP contribution in [0.3, 0.4) is 0 Å². The fourth-order valence-corrected chi connectivity index (χ4v) is 3.97. The van der Waals surface area contributed by atoms with Crippen LogP contribution in [-0.2, 0) is 4.79 Å². The first-order chi connectivity index (χ1) is 15.7. The molecule has 0 saturated carbocycles. The van der Waals surface area contributed by atoms with Crippen LogP contribution >= 0.6 is 11.8 Å². The van der Waals surface area contributed by atoms with Gasteiger partial charge in [-0.15, -0.1) is 0 Å². The zero-order valence-corrected chi connectivity index (χ0v) is 21.5. The maximum Gasteiger partial charge on any atom is 0.327 e. The summed E-state index contributed by atoms with van der Waals surface area (Å²) in [6.45, 7) is 10.7. The summed E-state index contributed by atoms with van der Waals surface area (Å²) < 4.78 is 13.3. The molecule has 0 aromatic carbocycles. The molecule has 33 heavy (non-hydrogen) atoms. The highest BCUT2D eigenvalue weighted by molar-refractivity contribution is 7.99. The van der Waals surface area contributed by atoms with Crippen molar-refractivity contribution in [1.29, 1.82) is 0 Å². The van der Waals surface area contributed by atoms with Gasteiger partial charge in [0.05, 0.1) is 0 Å². The van der Waals surface area contributed by atoms with Crippen molar-refractivity contribution in [2.24, 2.45) is 0 Å². The standard InChI is InChI=1S/C27H39FN2O2S/c1-20(2)8-6-9-22(5)10-7-11-23(13-12-21(3)4)15-17-33-19-25(27(31)32)30-26-18-24(28)14-16-29-26/h8,10,12,14-16,18,25H,6-7,9,11,13,17,19H2,1-5H3,(H,29,30)(H,31,32)/b22-10+,23-15-. The molecule has 0 aliphatic heterocycles. The molecule has 0 saturated heterocycles. The first-order valence-electron chi connectivity index (χ1n) is 11.5. The van der Waals surface area contributed by atoms with Crippen molar-refractivity contribution < 1.29 is 14.3 Å². The van der Waals surface area contributed by atoms with E-state index in [1.807, 2.05) is 0 Å². The van der Waals surface area contributed by atoms with E-state index >= 15 is 0 Å². The number of carboxylic acids is 1. The lowest BCUT2D eigenvalue weighted by Crippen LogP contribution is -2.32. The molecular weight excluding hydrogens is 435 g/mol. The van der Waals surface area contributed by atoms with Crippen LogP contribution in [0.4, 0.5) is 10.2 Å². The molecule has 0 amide bonds. The largest absolute Gasteiger partial charge is 0.480 e. The summed E-state index contributed by atoms with van der Waals surface area (Å²) in [5, 5.41) is 12.3. The molecule has 2 N–H and O–H groups in total. The molecule has 6 heteroatoms. The Kier molecular flexibility index (Phi) is 14.2. The quantitative estimate of drug-likeness (QED) is 0.203. The second kappa shape index (κ2) is 16.3. The predicted molar refractivity (Wildman–Crippen MR) is 140 cm³/mol. The number of halogens is 1. The maximum atomic E-state index is 13.3. The minimum Gasteiger partial charge on any atom is -0.480 e. The van der Waals surface area contributed by atoms with Crippen LogP contribution in [0.25, 0.3) is 0 Å². The van der Waals surface area contributed by atoms with Gasteiger partial charge in [0, 0.05) is 23.8 Å². The number of hydrogen-bond donors (Lipinski definition) is 2. The Morgan fingerprint density at radius 1 is 1.09 bits per heavy atom. The van der Waals surface area contributed by atoms with Gasteiger partial charge >= 0.3 is 5.97 Å².